The first-order valence-electron chi connectivity index (χ1n) is 6.05. The van der Waals surface area contributed by atoms with Crippen LogP contribution in [0.3, 0.4) is 0 Å². The Morgan fingerprint density at radius 1 is 1.38 bits per heavy atom. The predicted octanol–water partition coefficient (Wildman–Crippen LogP) is 3.68. The summed E-state index contributed by atoms with van der Waals surface area (Å²) in [6.45, 7) is 0.441. The molecule has 0 saturated heterocycles. The molecule has 2 N–H and O–H groups in total. The van der Waals surface area contributed by atoms with Crippen LogP contribution in [-0.4, -0.2) is 17.1 Å². The van der Waals surface area contributed by atoms with Crippen LogP contribution in [0.25, 0.3) is 0 Å². The van der Waals surface area contributed by atoms with Gasteiger partial charge in [0.2, 0.25) is 0 Å². The van der Waals surface area contributed by atoms with Crippen molar-refractivity contribution in [3.63, 3.8) is 0 Å². The van der Waals surface area contributed by atoms with Gasteiger partial charge in [0.25, 0.3) is 5.69 Å². The third-order valence-electron chi connectivity index (χ3n) is 2.86. The molecule has 0 radical (unpaired) electrons. The number of aromatic hydroxyl groups is 1. The van der Waals surface area contributed by atoms with E-state index in [0.29, 0.717) is 22.5 Å². The van der Waals surface area contributed by atoms with Crippen LogP contribution in [0.4, 0.5) is 11.4 Å². The number of nitrogens with one attached hydrogen (secondary N) is 1. The monoisotopic (exact) mass is 352 g/mol. The molecule has 2 rings (SSSR count). The number of phenolic OH excluding ortho intramolecular Hbond substituents is 1. The van der Waals surface area contributed by atoms with E-state index in [0.717, 1.165) is 5.56 Å². The van der Waals surface area contributed by atoms with Gasteiger partial charge in [-0.25, -0.2) is 0 Å². The van der Waals surface area contributed by atoms with Gasteiger partial charge < -0.3 is 15.2 Å². The zero-order chi connectivity index (χ0) is 15.4. The summed E-state index contributed by atoms with van der Waals surface area (Å²) < 4.78 is 5.60. The molecule has 0 aliphatic carbocycles. The van der Waals surface area contributed by atoms with Crippen LogP contribution in [0, 0.1) is 10.1 Å². The van der Waals surface area contributed by atoms with E-state index in [1.807, 2.05) is 0 Å². The molecular formula is C14H13BrN2O4. The highest BCUT2D eigenvalue weighted by molar-refractivity contribution is 9.10. The van der Waals surface area contributed by atoms with Crippen molar-refractivity contribution in [3.05, 3.63) is 56.5 Å². The van der Waals surface area contributed by atoms with Crippen LogP contribution in [0.2, 0.25) is 0 Å². The summed E-state index contributed by atoms with van der Waals surface area (Å²) in [7, 11) is 1.47. The van der Waals surface area contributed by atoms with E-state index in [1.54, 1.807) is 24.3 Å². The van der Waals surface area contributed by atoms with Crippen molar-refractivity contribution in [1.82, 2.24) is 0 Å². The first kappa shape index (κ1) is 15.1. The number of rotatable bonds is 5. The molecule has 7 heteroatoms. The Balaban J connectivity index is 2.15. The number of anilines is 1. The minimum Gasteiger partial charge on any atom is -0.503 e. The largest absolute Gasteiger partial charge is 0.503 e. The molecule has 21 heavy (non-hydrogen) atoms. The lowest BCUT2D eigenvalue weighted by atomic mass is 10.2. The molecule has 0 saturated carbocycles. The maximum Gasteiger partial charge on any atom is 0.271 e. The molecule has 0 aliphatic heterocycles. The summed E-state index contributed by atoms with van der Waals surface area (Å²) in [5, 5.41) is 23.5. The Morgan fingerprint density at radius 3 is 2.81 bits per heavy atom. The van der Waals surface area contributed by atoms with Gasteiger partial charge in [0.15, 0.2) is 11.5 Å². The van der Waals surface area contributed by atoms with Crippen molar-refractivity contribution in [3.8, 4) is 11.5 Å². The summed E-state index contributed by atoms with van der Waals surface area (Å²) in [5.41, 5.74) is 1.54. The molecule has 110 valence electrons. The number of phenols is 1. The number of nitro groups is 1. The zero-order valence-electron chi connectivity index (χ0n) is 11.2. The Bertz CT molecular complexity index is 676. The second kappa shape index (κ2) is 6.45. The molecule has 0 aromatic heterocycles. The van der Waals surface area contributed by atoms with Crippen molar-refractivity contribution in [1.29, 1.82) is 0 Å². The minimum atomic E-state index is -0.439. The Kier molecular flexibility index (Phi) is 4.64. The highest BCUT2D eigenvalue weighted by Gasteiger charge is 2.09. The zero-order valence-corrected chi connectivity index (χ0v) is 12.8. The van der Waals surface area contributed by atoms with E-state index in [2.05, 4.69) is 21.2 Å². The fraction of sp³-hybridized carbons (Fsp3) is 0.143. The molecule has 0 amide bonds. The maximum absolute atomic E-state index is 10.7. The molecule has 0 atom stereocenters. The van der Waals surface area contributed by atoms with E-state index in [9.17, 15) is 15.2 Å². The number of ether oxygens (including phenoxy) is 1. The SMILES string of the molecule is COc1cc(CNc2cccc([N+](=O)[O-])c2)cc(Br)c1O. The molecular weight excluding hydrogens is 340 g/mol. The lowest BCUT2D eigenvalue weighted by Gasteiger charge is -2.10. The topological polar surface area (TPSA) is 84.6 Å². The van der Waals surface area contributed by atoms with E-state index in [1.165, 1.54) is 19.2 Å². The van der Waals surface area contributed by atoms with Crippen LogP contribution in [0.1, 0.15) is 5.56 Å². The fourth-order valence-corrected chi connectivity index (χ4v) is 2.31. The summed E-state index contributed by atoms with van der Waals surface area (Å²) in [4.78, 5) is 10.3. The van der Waals surface area contributed by atoms with Gasteiger partial charge in [-0.15, -0.1) is 0 Å². The number of methoxy groups -OCH3 is 1. The molecule has 2 aromatic rings. The first-order valence-corrected chi connectivity index (χ1v) is 6.84. The Labute approximate surface area is 129 Å². The third kappa shape index (κ3) is 3.63. The lowest BCUT2D eigenvalue weighted by Crippen LogP contribution is -2.00. The second-order valence-electron chi connectivity index (χ2n) is 4.29. The molecule has 2 aromatic carbocycles. The molecule has 0 unspecified atom stereocenters. The second-order valence-corrected chi connectivity index (χ2v) is 5.14. The van der Waals surface area contributed by atoms with E-state index in [-0.39, 0.29) is 11.4 Å². The van der Waals surface area contributed by atoms with Crippen molar-refractivity contribution in [2.75, 3.05) is 12.4 Å². The van der Waals surface area contributed by atoms with Gasteiger partial charge >= 0.3 is 0 Å². The molecule has 0 bridgehead atoms. The molecule has 0 fully saturated rings. The first-order chi connectivity index (χ1) is 10.0. The van der Waals surface area contributed by atoms with E-state index in [4.69, 9.17) is 4.74 Å². The van der Waals surface area contributed by atoms with Crippen molar-refractivity contribution < 1.29 is 14.8 Å². The molecule has 0 heterocycles. The average Bonchev–Trinajstić information content (AvgIpc) is 2.48. The van der Waals surface area contributed by atoms with Crippen LogP contribution in [0.5, 0.6) is 11.5 Å². The lowest BCUT2D eigenvalue weighted by molar-refractivity contribution is -0.384. The normalized spacial score (nSPS) is 10.2. The molecule has 0 spiro atoms. The highest BCUT2D eigenvalue weighted by atomic mass is 79.9. The van der Waals surface area contributed by atoms with Gasteiger partial charge in [0.1, 0.15) is 0 Å². The van der Waals surface area contributed by atoms with Crippen LogP contribution >= 0.6 is 15.9 Å². The quantitative estimate of drug-likeness (QED) is 0.633. The average molecular weight is 353 g/mol. The van der Waals surface area contributed by atoms with Gasteiger partial charge in [-0.05, 0) is 39.7 Å². The minimum absolute atomic E-state index is 0.0319. The maximum atomic E-state index is 10.7. The number of nitrogens with zero attached hydrogens (tertiary/aromatic N) is 1. The predicted molar refractivity (Wildman–Crippen MR) is 82.8 cm³/mol. The van der Waals surface area contributed by atoms with Gasteiger partial charge in [0.05, 0.1) is 16.5 Å². The van der Waals surface area contributed by atoms with Gasteiger partial charge in [-0.1, -0.05) is 6.07 Å². The van der Waals surface area contributed by atoms with Crippen molar-refractivity contribution in [2.45, 2.75) is 6.54 Å². The van der Waals surface area contributed by atoms with Crippen LogP contribution < -0.4 is 10.1 Å². The van der Waals surface area contributed by atoms with Crippen LogP contribution in [0.15, 0.2) is 40.9 Å². The number of hydrogen-bond donors (Lipinski definition) is 2. The highest BCUT2D eigenvalue weighted by Crippen LogP contribution is 2.35. The Hall–Kier alpha value is -2.28. The summed E-state index contributed by atoms with van der Waals surface area (Å²) in [5.74, 6) is 0.400. The van der Waals surface area contributed by atoms with Gasteiger partial charge in [0, 0.05) is 24.4 Å². The third-order valence-corrected chi connectivity index (χ3v) is 3.47. The molecule has 6 nitrogen and oxygen atoms in total. The number of benzene rings is 2. The number of non-ortho nitro benzene ring substituents is 1. The summed E-state index contributed by atoms with van der Waals surface area (Å²) in [6.07, 6.45) is 0. The van der Waals surface area contributed by atoms with E-state index < -0.39 is 4.92 Å². The Morgan fingerprint density at radius 2 is 2.14 bits per heavy atom. The summed E-state index contributed by atoms with van der Waals surface area (Å²) >= 11 is 3.25. The number of nitro benzene ring substituents is 1. The molecule has 0 aliphatic rings. The van der Waals surface area contributed by atoms with Gasteiger partial charge in [-0.3, -0.25) is 10.1 Å². The van der Waals surface area contributed by atoms with Gasteiger partial charge in [-0.2, -0.15) is 0 Å². The number of hydrogen-bond acceptors (Lipinski definition) is 5. The smallest absolute Gasteiger partial charge is 0.271 e. The van der Waals surface area contributed by atoms with Crippen LogP contribution in [-0.2, 0) is 6.54 Å². The number of halogens is 1. The standard InChI is InChI=1S/C14H13BrN2O4/c1-21-13-6-9(5-12(15)14(13)18)8-16-10-3-2-4-11(7-10)17(19)20/h2-7,16,18H,8H2,1H3. The van der Waals surface area contributed by atoms with Crippen molar-refractivity contribution in [2.24, 2.45) is 0 Å². The fourth-order valence-electron chi connectivity index (χ4n) is 1.82. The summed E-state index contributed by atoms with van der Waals surface area (Å²) in [6, 6.07) is 9.72. The van der Waals surface area contributed by atoms with E-state index >= 15 is 0 Å². The van der Waals surface area contributed by atoms with Crippen molar-refractivity contribution >= 4 is 27.3 Å².